The van der Waals surface area contributed by atoms with Gasteiger partial charge in [-0.05, 0) is 39.4 Å². The van der Waals surface area contributed by atoms with Gasteiger partial charge in [0.25, 0.3) is 0 Å². The maximum absolute atomic E-state index is 3.90. The van der Waals surface area contributed by atoms with Gasteiger partial charge in [-0.2, -0.15) is 41.0 Å². The van der Waals surface area contributed by atoms with Crippen LogP contribution in [0, 0.1) is 6.07 Å². The van der Waals surface area contributed by atoms with Gasteiger partial charge in [0, 0.05) is 0 Å². The Morgan fingerprint density at radius 2 is 1.12 bits per heavy atom. The molecular weight excluding hydrogens is 703 g/mol. The van der Waals surface area contributed by atoms with Gasteiger partial charge in [0.1, 0.15) is 0 Å². The van der Waals surface area contributed by atoms with Crippen LogP contribution in [-0.2, 0) is 64.2 Å². The predicted octanol–water partition coefficient (Wildman–Crippen LogP) is 7.05. The van der Waals surface area contributed by atoms with Crippen LogP contribution >= 0.6 is 0 Å². The minimum atomic E-state index is 0. The Morgan fingerprint density at radius 1 is 0.667 bits per heavy atom. The summed E-state index contributed by atoms with van der Waals surface area (Å²) in [7, 11) is 0. The molecule has 0 N–H and O–H groups in total. The maximum Gasteiger partial charge on any atom is -1.00 e. The van der Waals surface area contributed by atoms with Crippen LogP contribution < -0.4 is 24.8 Å². The van der Waals surface area contributed by atoms with E-state index in [1.807, 2.05) is 0 Å². The normalized spacial score (nSPS) is 12.8. The topological polar surface area (TPSA) is 0 Å². The molecule has 0 bridgehead atoms. The fraction of sp³-hybridized carbons (Fsp3) is 0.600. The van der Waals surface area contributed by atoms with Crippen molar-refractivity contribution in [2.75, 3.05) is 0 Å². The van der Waals surface area contributed by atoms with E-state index in [1.54, 1.807) is 24.2 Å². The molecule has 268 valence electrons. The summed E-state index contributed by atoms with van der Waals surface area (Å²) < 4.78 is 1.51. The first-order valence-corrected chi connectivity index (χ1v) is 19.0. The van der Waals surface area contributed by atoms with Crippen LogP contribution in [0.5, 0.6) is 0 Å². The molecule has 4 rings (SSSR count). The van der Waals surface area contributed by atoms with Gasteiger partial charge < -0.3 is 24.8 Å². The zero-order chi connectivity index (χ0) is 35.6. The van der Waals surface area contributed by atoms with Crippen LogP contribution in [0.2, 0.25) is 0 Å². The second-order valence-electron chi connectivity index (χ2n) is 19.0. The molecule has 1 aliphatic rings. The van der Waals surface area contributed by atoms with E-state index < -0.39 is 0 Å². The van der Waals surface area contributed by atoms with Gasteiger partial charge >= 0.3 is 41.3 Å². The molecule has 3 aromatic rings. The third-order valence-electron chi connectivity index (χ3n) is 8.74. The van der Waals surface area contributed by atoms with Crippen molar-refractivity contribution < 1.29 is 49.0 Å². The smallest absolute Gasteiger partial charge is 1.00 e. The quantitative estimate of drug-likeness (QED) is 0.196. The van der Waals surface area contributed by atoms with Gasteiger partial charge in [-0.15, -0.1) is 16.7 Å². The molecule has 3 heteroatoms. The van der Waals surface area contributed by atoms with Crippen LogP contribution in [0.3, 0.4) is 0 Å². The minimum absolute atomic E-state index is 0. The maximum atomic E-state index is 3.90. The van der Waals surface area contributed by atoms with E-state index in [1.165, 1.54) is 78.1 Å². The first-order valence-electron chi connectivity index (χ1n) is 17.7. The summed E-state index contributed by atoms with van der Waals surface area (Å²) in [5.41, 5.74) is 15.2. The summed E-state index contributed by atoms with van der Waals surface area (Å²) >= 11 is 1.55. The van der Waals surface area contributed by atoms with E-state index in [0.717, 1.165) is 6.42 Å². The zero-order valence-electron chi connectivity index (χ0n) is 34.0. The molecule has 0 radical (unpaired) electrons. The monoisotopic (exact) mass is 768 g/mol. The molecule has 0 saturated carbocycles. The molecule has 0 unspecified atom stereocenters. The first-order chi connectivity index (χ1) is 20.7. The van der Waals surface area contributed by atoms with Crippen LogP contribution in [0.25, 0.3) is 11.1 Å². The third-order valence-corrected chi connectivity index (χ3v) is 8.74. The molecule has 0 nitrogen and oxygen atoms in total. The van der Waals surface area contributed by atoms with Gasteiger partial charge in [0.2, 0.25) is 0 Å². The number of hydrogen-bond acceptors (Lipinski definition) is 0. The standard InChI is InChI=1S/C29H41.C13H21.C3H6.2ClH.Zr/c1-26(2,3)22-14-18-13-19-15-23(27(4,5)6)25(29(10,11)12)17-21(19)20(18)16-24(22)28(7,8)9;1-5-6-7-11-8-9-12(10-11)13(2,3)4;1-3-2;;;/h14,16-17H,13H2,1-12H3;8-10H,5-7H2,1-4H3;1-2H3;2*1H;/q2*-1;;;;+2/p-2. The van der Waals surface area contributed by atoms with E-state index in [0.29, 0.717) is 5.41 Å². The molecule has 3 aromatic carbocycles. The van der Waals surface area contributed by atoms with Gasteiger partial charge in [0.05, 0.1) is 0 Å². The first kappa shape index (κ1) is 47.1. The van der Waals surface area contributed by atoms with E-state index in [4.69, 9.17) is 0 Å². The van der Waals surface area contributed by atoms with Crippen LogP contribution in [0.1, 0.15) is 182 Å². The average Bonchev–Trinajstić information content (AvgIpc) is 3.48. The molecule has 0 aromatic heterocycles. The predicted molar refractivity (Wildman–Crippen MR) is 204 cm³/mol. The molecule has 0 spiro atoms. The molecule has 48 heavy (non-hydrogen) atoms. The van der Waals surface area contributed by atoms with Crippen molar-refractivity contribution in [3.8, 4) is 11.1 Å². The Hall–Kier alpha value is -0.877. The van der Waals surface area contributed by atoms with E-state index >= 15 is 0 Å². The van der Waals surface area contributed by atoms with Gasteiger partial charge in [0.15, 0.2) is 0 Å². The van der Waals surface area contributed by atoms with E-state index in [-0.39, 0.29) is 46.5 Å². The van der Waals surface area contributed by atoms with E-state index in [9.17, 15) is 0 Å². The average molecular weight is 771 g/mol. The number of hydrogen-bond donors (Lipinski definition) is 0. The van der Waals surface area contributed by atoms with Crippen molar-refractivity contribution in [2.24, 2.45) is 0 Å². The number of fused-ring (bicyclic) bond motifs is 3. The number of halogens is 2. The second kappa shape index (κ2) is 17.6. The number of aryl methyl sites for hydroxylation is 1. The molecule has 0 saturated heterocycles. The van der Waals surface area contributed by atoms with Crippen molar-refractivity contribution in [1.82, 2.24) is 0 Å². The Labute approximate surface area is 325 Å². The second-order valence-corrected chi connectivity index (χ2v) is 21.5. The Morgan fingerprint density at radius 3 is 1.52 bits per heavy atom. The molecule has 0 fully saturated rings. The van der Waals surface area contributed by atoms with Crippen LogP contribution in [0.15, 0.2) is 36.4 Å². The van der Waals surface area contributed by atoms with Crippen molar-refractivity contribution in [3.63, 3.8) is 0 Å². The van der Waals surface area contributed by atoms with Crippen molar-refractivity contribution in [3.05, 3.63) is 87.0 Å². The number of unbranched alkanes of at least 4 members (excludes halogenated alkanes) is 1. The van der Waals surface area contributed by atoms with Gasteiger partial charge in [-0.3, -0.25) is 0 Å². The van der Waals surface area contributed by atoms with Crippen LogP contribution in [-0.4, -0.2) is 3.21 Å². The summed E-state index contributed by atoms with van der Waals surface area (Å²) in [5, 5.41) is 0. The van der Waals surface area contributed by atoms with Gasteiger partial charge in [-0.1, -0.05) is 159 Å². The fourth-order valence-corrected chi connectivity index (χ4v) is 6.12. The molecule has 0 atom stereocenters. The summed E-state index contributed by atoms with van der Waals surface area (Å²) in [4.78, 5) is 0. The van der Waals surface area contributed by atoms with Crippen molar-refractivity contribution >= 4 is 3.21 Å². The van der Waals surface area contributed by atoms with Crippen LogP contribution in [0.4, 0.5) is 0 Å². The minimum Gasteiger partial charge on any atom is -1.00 e. The summed E-state index contributed by atoms with van der Waals surface area (Å²) in [6.45, 7) is 41.3. The van der Waals surface area contributed by atoms with Gasteiger partial charge in [-0.25, -0.2) is 6.07 Å². The number of benzene rings is 2. The zero-order valence-corrected chi connectivity index (χ0v) is 38.0. The van der Waals surface area contributed by atoms with Crippen molar-refractivity contribution in [1.29, 1.82) is 0 Å². The molecule has 0 aliphatic heterocycles. The summed E-state index contributed by atoms with van der Waals surface area (Å²) in [6, 6.07) is 18.3. The SMILES string of the molecule is CC(C)(C)c1[c-]c2c(cc1C(C)(C)C)-c1cc(C(C)(C)C)c(C(C)(C)C)cc1C2.CCCCc1cc(C(C)(C)C)c[cH-]1.C[C](C)=[Zr+2].[Cl-].[Cl-]. The largest absolute Gasteiger partial charge is 1.00 e. The summed E-state index contributed by atoms with van der Waals surface area (Å²) in [5.74, 6) is 0. The Kier molecular flexibility index (Phi) is 17.2. The molecular formula is C45H68Cl2Zr-2. The van der Waals surface area contributed by atoms with E-state index in [2.05, 4.69) is 167 Å². The molecule has 0 heterocycles. The Balaban J connectivity index is 0.000000973. The number of rotatable bonds is 3. The fourth-order valence-electron chi connectivity index (χ4n) is 6.12. The molecule has 0 amide bonds. The van der Waals surface area contributed by atoms with Crippen molar-refractivity contribution in [2.45, 2.75) is 177 Å². The molecule has 1 aliphatic carbocycles. The third kappa shape index (κ3) is 13.0. The Bertz CT molecular complexity index is 1400. The summed E-state index contributed by atoms with van der Waals surface area (Å²) in [6.07, 6.45) is 4.85.